The van der Waals surface area contributed by atoms with E-state index < -0.39 is 0 Å². The van der Waals surface area contributed by atoms with Crippen molar-refractivity contribution in [2.75, 3.05) is 12.4 Å². The smallest absolute Gasteiger partial charge is 0.109 e. The van der Waals surface area contributed by atoms with Gasteiger partial charge in [0.05, 0.1) is 12.3 Å². The van der Waals surface area contributed by atoms with Gasteiger partial charge in [0.1, 0.15) is 5.82 Å². The fourth-order valence-electron chi connectivity index (χ4n) is 3.46. The maximum atomic E-state index is 5.16. The number of hydrogen-bond acceptors (Lipinski definition) is 3. The summed E-state index contributed by atoms with van der Waals surface area (Å²) in [5.41, 5.74) is 5.82. The molecule has 0 unspecified atom stereocenters. The number of methoxy groups -OCH3 is 1. The molecule has 4 heteroatoms. The minimum absolute atomic E-state index is 0.657. The average molecular weight is 347 g/mol. The largest absolute Gasteiger partial charge is 0.381 e. The van der Waals surface area contributed by atoms with Gasteiger partial charge in [-0.25, -0.2) is 4.98 Å². The number of rotatable bonds is 6. The lowest BCUT2D eigenvalue weighted by Crippen LogP contribution is -2.08. The van der Waals surface area contributed by atoms with E-state index in [2.05, 4.69) is 64.6 Å². The number of ether oxygens (including phenoxy) is 1. The van der Waals surface area contributed by atoms with Crippen LogP contribution in [0.4, 0.5) is 5.69 Å². The van der Waals surface area contributed by atoms with Crippen molar-refractivity contribution in [2.45, 2.75) is 39.0 Å². The van der Waals surface area contributed by atoms with Gasteiger partial charge in [-0.15, -0.1) is 0 Å². The van der Waals surface area contributed by atoms with Gasteiger partial charge in [0.15, 0.2) is 0 Å². The van der Waals surface area contributed by atoms with Crippen LogP contribution in [0.1, 0.15) is 29.8 Å². The van der Waals surface area contributed by atoms with E-state index in [1.807, 2.05) is 0 Å². The standard InChI is InChI=1S/C22H25N3O/c1-26-16-18-10-8-17(9-11-18)14-23-20-6-4-5-19(13-20)21-15-25-12-3-2-7-22(25)24-21/h4-6,8-11,13,15,23H,2-3,7,12,14,16H2,1H3. The predicted octanol–water partition coefficient (Wildman–Crippen LogP) is 4.64. The Kier molecular flexibility index (Phi) is 5.02. The van der Waals surface area contributed by atoms with Crippen LogP contribution < -0.4 is 5.32 Å². The molecule has 0 saturated carbocycles. The molecule has 1 aromatic heterocycles. The zero-order valence-electron chi connectivity index (χ0n) is 15.2. The highest BCUT2D eigenvalue weighted by molar-refractivity contribution is 5.65. The summed E-state index contributed by atoms with van der Waals surface area (Å²) in [6.45, 7) is 2.56. The van der Waals surface area contributed by atoms with Crippen LogP contribution in [0.3, 0.4) is 0 Å². The Hall–Kier alpha value is -2.59. The van der Waals surface area contributed by atoms with Crippen molar-refractivity contribution < 1.29 is 4.74 Å². The molecule has 2 heterocycles. The van der Waals surface area contributed by atoms with E-state index in [9.17, 15) is 0 Å². The summed E-state index contributed by atoms with van der Waals surface area (Å²) >= 11 is 0. The number of nitrogens with zero attached hydrogens (tertiary/aromatic N) is 2. The van der Waals surface area contributed by atoms with Gasteiger partial charge in [0, 0.05) is 44.1 Å². The lowest BCUT2D eigenvalue weighted by molar-refractivity contribution is 0.185. The molecule has 0 radical (unpaired) electrons. The summed E-state index contributed by atoms with van der Waals surface area (Å²) in [5, 5.41) is 3.52. The molecule has 1 aliphatic rings. The van der Waals surface area contributed by atoms with Gasteiger partial charge in [-0.3, -0.25) is 0 Å². The van der Waals surface area contributed by atoms with Gasteiger partial charge >= 0.3 is 0 Å². The Morgan fingerprint density at radius 1 is 1.08 bits per heavy atom. The van der Waals surface area contributed by atoms with E-state index >= 15 is 0 Å². The van der Waals surface area contributed by atoms with Gasteiger partial charge in [-0.1, -0.05) is 36.4 Å². The van der Waals surface area contributed by atoms with Crippen molar-refractivity contribution in [2.24, 2.45) is 0 Å². The molecule has 1 N–H and O–H groups in total. The molecule has 0 atom stereocenters. The molecule has 1 aliphatic heterocycles. The van der Waals surface area contributed by atoms with Crippen LogP contribution in [0, 0.1) is 0 Å². The quantitative estimate of drug-likeness (QED) is 0.706. The molecule has 0 fully saturated rings. The number of anilines is 1. The van der Waals surface area contributed by atoms with Crippen molar-refractivity contribution >= 4 is 5.69 Å². The number of fused-ring (bicyclic) bond motifs is 1. The second-order valence-corrected chi connectivity index (χ2v) is 6.88. The number of aromatic nitrogens is 2. The average Bonchev–Trinajstić information content (AvgIpc) is 3.12. The maximum Gasteiger partial charge on any atom is 0.109 e. The van der Waals surface area contributed by atoms with Crippen LogP contribution in [0.25, 0.3) is 11.3 Å². The highest BCUT2D eigenvalue weighted by Crippen LogP contribution is 2.25. The van der Waals surface area contributed by atoms with Gasteiger partial charge in [-0.2, -0.15) is 0 Å². The Bertz CT molecular complexity index is 844. The number of benzene rings is 2. The number of imidazole rings is 1. The normalized spacial score (nSPS) is 13.4. The fourth-order valence-corrected chi connectivity index (χ4v) is 3.46. The second kappa shape index (κ2) is 7.75. The Morgan fingerprint density at radius 3 is 2.73 bits per heavy atom. The molecule has 0 spiro atoms. The highest BCUT2D eigenvalue weighted by Gasteiger charge is 2.13. The van der Waals surface area contributed by atoms with E-state index in [1.165, 1.54) is 35.4 Å². The molecule has 134 valence electrons. The lowest BCUT2D eigenvalue weighted by Gasteiger charge is -2.11. The van der Waals surface area contributed by atoms with E-state index in [0.29, 0.717) is 6.61 Å². The molecule has 0 saturated heterocycles. The first-order valence-electron chi connectivity index (χ1n) is 9.29. The maximum absolute atomic E-state index is 5.16. The van der Waals surface area contributed by atoms with Gasteiger partial charge < -0.3 is 14.6 Å². The molecule has 0 amide bonds. The van der Waals surface area contributed by atoms with Crippen LogP contribution in [-0.2, 0) is 30.9 Å². The summed E-state index contributed by atoms with van der Waals surface area (Å²) in [5.74, 6) is 1.22. The number of nitrogens with one attached hydrogen (secondary N) is 1. The van der Waals surface area contributed by atoms with Gasteiger partial charge in [0.2, 0.25) is 0 Å². The van der Waals surface area contributed by atoms with Gasteiger partial charge in [0.25, 0.3) is 0 Å². The summed E-state index contributed by atoms with van der Waals surface area (Å²) < 4.78 is 7.47. The second-order valence-electron chi connectivity index (χ2n) is 6.88. The number of hydrogen-bond donors (Lipinski definition) is 1. The van der Waals surface area contributed by atoms with Crippen molar-refractivity contribution in [3.8, 4) is 11.3 Å². The summed E-state index contributed by atoms with van der Waals surface area (Å²) in [4.78, 5) is 4.83. The summed E-state index contributed by atoms with van der Waals surface area (Å²) in [6.07, 6.45) is 5.80. The minimum Gasteiger partial charge on any atom is -0.381 e. The summed E-state index contributed by atoms with van der Waals surface area (Å²) in [7, 11) is 1.72. The molecule has 2 aromatic carbocycles. The molecule has 3 aromatic rings. The third-order valence-corrected chi connectivity index (χ3v) is 4.90. The number of aryl methyl sites for hydroxylation is 2. The Balaban J connectivity index is 1.45. The SMILES string of the molecule is COCc1ccc(CNc2cccc(-c3cn4c(n3)CCCC4)c2)cc1. The van der Waals surface area contributed by atoms with Crippen LogP contribution in [-0.4, -0.2) is 16.7 Å². The van der Waals surface area contributed by atoms with Crippen LogP contribution in [0.15, 0.2) is 54.7 Å². The van der Waals surface area contributed by atoms with Crippen LogP contribution in [0.5, 0.6) is 0 Å². The first-order chi connectivity index (χ1) is 12.8. The third kappa shape index (κ3) is 3.81. The van der Waals surface area contributed by atoms with Gasteiger partial charge in [-0.05, 0) is 36.1 Å². The van der Waals surface area contributed by atoms with E-state index in [4.69, 9.17) is 9.72 Å². The molecular weight excluding hydrogens is 322 g/mol. The molecule has 26 heavy (non-hydrogen) atoms. The van der Waals surface area contributed by atoms with Crippen molar-refractivity contribution in [1.82, 2.24) is 9.55 Å². The molecule has 4 rings (SSSR count). The van der Waals surface area contributed by atoms with Crippen molar-refractivity contribution in [1.29, 1.82) is 0 Å². The van der Waals surface area contributed by atoms with E-state index in [1.54, 1.807) is 7.11 Å². The van der Waals surface area contributed by atoms with Crippen LogP contribution in [0.2, 0.25) is 0 Å². The van der Waals surface area contributed by atoms with E-state index in [-0.39, 0.29) is 0 Å². The Morgan fingerprint density at radius 2 is 1.92 bits per heavy atom. The first-order valence-corrected chi connectivity index (χ1v) is 9.29. The van der Waals surface area contributed by atoms with Crippen molar-refractivity contribution in [3.05, 3.63) is 71.7 Å². The molecule has 0 aliphatic carbocycles. The molecular formula is C22H25N3O. The zero-order chi connectivity index (χ0) is 17.8. The third-order valence-electron chi connectivity index (χ3n) is 4.90. The highest BCUT2D eigenvalue weighted by atomic mass is 16.5. The first kappa shape index (κ1) is 16.9. The molecule has 4 nitrogen and oxygen atoms in total. The van der Waals surface area contributed by atoms with Crippen LogP contribution >= 0.6 is 0 Å². The fraction of sp³-hybridized carbons (Fsp3) is 0.318. The topological polar surface area (TPSA) is 39.1 Å². The minimum atomic E-state index is 0.657. The van der Waals surface area contributed by atoms with E-state index in [0.717, 1.165) is 30.9 Å². The zero-order valence-corrected chi connectivity index (χ0v) is 15.2. The predicted molar refractivity (Wildman–Crippen MR) is 105 cm³/mol. The van der Waals surface area contributed by atoms with Crippen molar-refractivity contribution in [3.63, 3.8) is 0 Å². The summed E-state index contributed by atoms with van der Waals surface area (Å²) in [6, 6.07) is 17.1. The lowest BCUT2D eigenvalue weighted by atomic mass is 10.1. The Labute approximate surface area is 154 Å². The monoisotopic (exact) mass is 347 g/mol. The molecule has 0 bridgehead atoms.